The van der Waals surface area contributed by atoms with Crippen LogP contribution in [-0.2, 0) is 4.79 Å². The molecule has 15 heavy (non-hydrogen) atoms. The van der Waals surface area contributed by atoms with Crippen LogP contribution in [0.4, 0.5) is 0 Å². The van der Waals surface area contributed by atoms with Gasteiger partial charge in [0.05, 0.1) is 10.9 Å². The molecule has 0 radical (unpaired) electrons. The summed E-state index contributed by atoms with van der Waals surface area (Å²) in [5.74, 6) is 4.90. The minimum absolute atomic E-state index is 0.197. The van der Waals surface area contributed by atoms with E-state index in [4.69, 9.17) is 10.3 Å². The number of hydrazine groups is 1. The number of oxazole rings is 1. The van der Waals surface area contributed by atoms with E-state index in [0.717, 1.165) is 18.5 Å². The van der Waals surface area contributed by atoms with Crippen LogP contribution in [0.3, 0.4) is 0 Å². The molecule has 0 aliphatic carbocycles. The molecule has 0 fully saturated rings. The topological polar surface area (TPSA) is 81.2 Å². The second-order valence-corrected chi connectivity index (χ2v) is 4.31. The summed E-state index contributed by atoms with van der Waals surface area (Å²) in [6.45, 7) is 3.85. The van der Waals surface area contributed by atoms with E-state index in [1.807, 2.05) is 13.8 Å². The summed E-state index contributed by atoms with van der Waals surface area (Å²) in [6, 6.07) is 0. The van der Waals surface area contributed by atoms with Crippen molar-refractivity contribution in [2.24, 2.45) is 5.84 Å². The van der Waals surface area contributed by atoms with Gasteiger partial charge in [-0.1, -0.05) is 25.1 Å². The first-order valence-corrected chi connectivity index (χ1v) is 5.64. The Morgan fingerprint density at radius 2 is 2.53 bits per heavy atom. The van der Waals surface area contributed by atoms with Gasteiger partial charge in [0.15, 0.2) is 0 Å². The van der Waals surface area contributed by atoms with Gasteiger partial charge in [0, 0.05) is 0 Å². The number of aromatic nitrogens is 1. The van der Waals surface area contributed by atoms with Gasteiger partial charge in [0.2, 0.25) is 5.91 Å². The Labute approximate surface area is 92.8 Å². The molecule has 0 saturated carbocycles. The van der Waals surface area contributed by atoms with Crippen molar-refractivity contribution in [3.63, 3.8) is 0 Å². The monoisotopic (exact) mass is 229 g/mol. The van der Waals surface area contributed by atoms with E-state index in [1.54, 1.807) is 6.26 Å². The molecule has 1 amide bonds. The molecule has 1 aromatic rings. The molecule has 1 atom stereocenters. The van der Waals surface area contributed by atoms with Crippen LogP contribution >= 0.6 is 11.8 Å². The van der Waals surface area contributed by atoms with E-state index < -0.39 is 0 Å². The van der Waals surface area contributed by atoms with E-state index in [1.165, 1.54) is 11.8 Å². The number of aryl methyl sites for hydroxylation is 1. The molecule has 0 bridgehead atoms. The number of thioether (sulfide) groups is 1. The minimum Gasteiger partial charge on any atom is -0.440 e. The van der Waals surface area contributed by atoms with Gasteiger partial charge in [-0.05, 0) is 13.3 Å². The van der Waals surface area contributed by atoms with E-state index >= 15 is 0 Å². The highest BCUT2D eigenvalue weighted by Crippen LogP contribution is 2.25. The van der Waals surface area contributed by atoms with Crippen molar-refractivity contribution in [2.75, 3.05) is 0 Å². The molecular formula is C9H15N3O2S. The fourth-order valence-corrected chi connectivity index (χ4v) is 2.18. The summed E-state index contributed by atoms with van der Waals surface area (Å²) in [5, 5.41) is 0.271. The molecular weight excluding hydrogens is 214 g/mol. The van der Waals surface area contributed by atoms with Crippen molar-refractivity contribution < 1.29 is 9.21 Å². The highest BCUT2D eigenvalue weighted by Gasteiger charge is 2.20. The van der Waals surface area contributed by atoms with Crippen LogP contribution in [-0.4, -0.2) is 16.1 Å². The predicted molar refractivity (Wildman–Crippen MR) is 58.1 cm³/mol. The number of amides is 1. The summed E-state index contributed by atoms with van der Waals surface area (Å²) >= 11 is 1.30. The lowest BCUT2D eigenvalue weighted by molar-refractivity contribution is -0.120. The minimum atomic E-state index is -0.238. The van der Waals surface area contributed by atoms with Crippen molar-refractivity contribution in [1.82, 2.24) is 10.4 Å². The number of nitrogens with one attached hydrogen (secondary N) is 1. The molecule has 0 aromatic carbocycles. The number of nitrogens with zero attached hydrogens (tertiary/aromatic N) is 1. The number of carbonyl (C=O) groups is 1. The van der Waals surface area contributed by atoms with Crippen LogP contribution in [0.15, 0.2) is 15.9 Å². The average Bonchev–Trinajstić information content (AvgIpc) is 2.62. The fourth-order valence-electron chi connectivity index (χ4n) is 1.11. The van der Waals surface area contributed by atoms with Crippen LogP contribution in [0.1, 0.15) is 25.5 Å². The van der Waals surface area contributed by atoms with Gasteiger partial charge in [-0.15, -0.1) is 0 Å². The number of hydrogen-bond donors (Lipinski definition) is 2. The summed E-state index contributed by atoms with van der Waals surface area (Å²) in [7, 11) is 0. The van der Waals surface area contributed by atoms with Crippen molar-refractivity contribution in [3.8, 4) is 0 Å². The predicted octanol–water partition coefficient (Wildman–Crippen LogP) is 1.23. The fraction of sp³-hybridized carbons (Fsp3) is 0.556. The van der Waals surface area contributed by atoms with E-state index in [0.29, 0.717) is 5.22 Å². The molecule has 1 unspecified atom stereocenters. The number of hydrogen-bond acceptors (Lipinski definition) is 5. The van der Waals surface area contributed by atoms with Crippen molar-refractivity contribution in [3.05, 3.63) is 12.0 Å². The molecule has 0 saturated heterocycles. The maximum absolute atomic E-state index is 11.4. The third-order valence-electron chi connectivity index (χ3n) is 1.83. The van der Waals surface area contributed by atoms with Gasteiger partial charge in [-0.2, -0.15) is 0 Å². The largest absolute Gasteiger partial charge is 0.440 e. The summed E-state index contributed by atoms with van der Waals surface area (Å²) < 4.78 is 5.17. The first kappa shape index (κ1) is 12.1. The highest BCUT2D eigenvalue weighted by molar-refractivity contribution is 8.00. The Kier molecular flexibility index (Phi) is 4.64. The standard InChI is InChI=1S/C9H15N3O2S/c1-3-4-7(8(13)12-10)15-9-11-6(2)5-14-9/h5,7H,3-4,10H2,1-2H3,(H,12,13). The van der Waals surface area contributed by atoms with Gasteiger partial charge >= 0.3 is 0 Å². The second-order valence-electron chi connectivity index (χ2n) is 3.16. The lowest BCUT2D eigenvalue weighted by Gasteiger charge is -2.10. The Bertz CT molecular complexity index is 327. The maximum Gasteiger partial charge on any atom is 0.256 e. The molecule has 0 aliphatic heterocycles. The van der Waals surface area contributed by atoms with Crippen molar-refractivity contribution in [1.29, 1.82) is 0 Å². The van der Waals surface area contributed by atoms with Crippen LogP contribution in [0.5, 0.6) is 0 Å². The summed E-state index contributed by atoms with van der Waals surface area (Å²) in [5.41, 5.74) is 2.95. The first-order chi connectivity index (χ1) is 7.17. The number of rotatable bonds is 5. The van der Waals surface area contributed by atoms with Crippen molar-refractivity contribution >= 4 is 17.7 Å². The Balaban J connectivity index is 2.62. The summed E-state index contributed by atoms with van der Waals surface area (Å²) in [4.78, 5) is 15.5. The summed E-state index contributed by atoms with van der Waals surface area (Å²) in [6.07, 6.45) is 3.21. The van der Waals surface area contributed by atoms with Crippen LogP contribution in [0.25, 0.3) is 0 Å². The SMILES string of the molecule is CCCC(Sc1nc(C)co1)C(=O)NN. The molecule has 3 N–H and O–H groups in total. The smallest absolute Gasteiger partial charge is 0.256 e. The van der Waals surface area contributed by atoms with E-state index in [2.05, 4.69) is 10.4 Å². The van der Waals surface area contributed by atoms with Crippen LogP contribution in [0, 0.1) is 6.92 Å². The Morgan fingerprint density at radius 1 is 1.80 bits per heavy atom. The molecule has 84 valence electrons. The van der Waals surface area contributed by atoms with Gasteiger partial charge in [-0.3, -0.25) is 10.2 Å². The first-order valence-electron chi connectivity index (χ1n) is 4.76. The Morgan fingerprint density at radius 3 is 3.00 bits per heavy atom. The lowest BCUT2D eigenvalue weighted by Crippen LogP contribution is -2.37. The van der Waals surface area contributed by atoms with Gasteiger partial charge in [-0.25, -0.2) is 10.8 Å². The zero-order valence-corrected chi connectivity index (χ0v) is 9.63. The van der Waals surface area contributed by atoms with E-state index in [9.17, 15) is 4.79 Å². The number of carbonyl (C=O) groups excluding carboxylic acids is 1. The van der Waals surface area contributed by atoms with Gasteiger partial charge in [0.25, 0.3) is 5.22 Å². The van der Waals surface area contributed by atoms with E-state index in [-0.39, 0.29) is 11.2 Å². The molecule has 1 aromatic heterocycles. The molecule has 0 aliphatic rings. The zero-order valence-electron chi connectivity index (χ0n) is 8.82. The van der Waals surface area contributed by atoms with Crippen molar-refractivity contribution in [2.45, 2.75) is 37.2 Å². The Hall–Kier alpha value is -1.01. The van der Waals surface area contributed by atoms with Crippen LogP contribution < -0.4 is 11.3 Å². The highest BCUT2D eigenvalue weighted by atomic mass is 32.2. The third-order valence-corrected chi connectivity index (χ3v) is 2.95. The van der Waals surface area contributed by atoms with Crippen LogP contribution in [0.2, 0.25) is 0 Å². The lowest BCUT2D eigenvalue weighted by atomic mass is 10.2. The molecule has 5 nitrogen and oxygen atoms in total. The number of nitrogens with two attached hydrogens (primary N) is 1. The molecule has 0 spiro atoms. The zero-order chi connectivity index (χ0) is 11.3. The van der Waals surface area contributed by atoms with Gasteiger partial charge in [0.1, 0.15) is 6.26 Å². The quantitative estimate of drug-likeness (QED) is 0.343. The molecule has 6 heteroatoms. The third kappa shape index (κ3) is 3.56. The normalized spacial score (nSPS) is 12.5. The maximum atomic E-state index is 11.4. The second kappa shape index (κ2) is 5.77. The van der Waals surface area contributed by atoms with Gasteiger partial charge < -0.3 is 4.42 Å². The molecule has 1 heterocycles. The molecule has 1 rings (SSSR count). The average molecular weight is 229 g/mol.